The molecule has 1 aromatic carbocycles. The number of rotatable bonds is 5. The first-order chi connectivity index (χ1) is 7.29. The summed E-state index contributed by atoms with van der Waals surface area (Å²) < 4.78 is 0. The summed E-state index contributed by atoms with van der Waals surface area (Å²) in [6.45, 7) is 4.28. The molecule has 0 spiro atoms. The van der Waals surface area contributed by atoms with Crippen LogP contribution in [0.5, 0.6) is 0 Å². The number of benzene rings is 1. The Kier molecular flexibility index (Phi) is 5.28. The van der Waals surface area contributed by atoms with Crippen molar-refractivity contribution in [3.05, 3.63) is 29.3 Å². The van der Waals surface area contributed by atoms with Gasteiger partial charge in [-0.2, -0.15) is 5.26 Å². The minimum Gasteiger partial charge on any atom is -0.192 e. The van der Waals surface area contributed by atoms with E-state index in [9.17, 15) is 0 Å². The van der Waals surface area contributed by atoms with Gasteiger partial charge in [0, 0.05) is 4.90 Å². The highest BCUT2D eigenvalue weighted by Gasteiger charge is 2.04. The van der Waals surface area contributed by atoms with Crippen LogP contribution in [0.2, 0.25) is 0 Å². The van der Waals surface area contributed by atoms with Crippen molar-refractivity contribution in [3.8, 4) is 6.07 Å². The minimum absolute atomic E-state index is 0.816. The molecular formula is C13H17NS. The lowest BCUT2D eigenvalue weighted by Crippen LogP contribution is -1.88. The van der Waals surface area contributed by atoms with Crippen LogP contribution in [0.1, 0.15) is 37.3 Å². The maximum atomic E-state index is 8.98. The van der Waals surface area contributed by atoms with Crippen molar-refractivity contribution in [1.82, 2.24) is 0 Å². The quantitative estimate of drug-likeness (QED) is 0.548. The molecule has 0 amide bonds. The SMILES string of the molecule is CCCCCSc1c(C)cccc1C#N. The molecule has 0 bridgehead atoms. The maximum absolute atomic E-state index is 8.98. The van der Waals surface area contributed by atoms with Crippen LogP contribution < -0.4 is 0 Å². The van der Waals surface area contributed by atoms with E-state index >= 15 is 0 Å². The molecule has 0 heterocycles. The number of nitriles is 1. The third-order valence-corrected chi connectivity index (χ3v) is 3.65. The Bertz CT molecular complexity index is 352. The number of aryl methyl sites for hydroxylation is 1. The van der Waals surface area contributed by atoms with Crippen LogP contribution in [0.25, 0.3) is 0 Å². The predicted octanol–water partition coefficient (Wildman–Crippen LogP) is 4.15. The van der Waals surface area contributed by atoms with Crippen molar-refractivity contribution < 1.29 is 0 Å². The fourth-order valence-corrected chi connectivity index (χ4v) is 2.58. The van der Waals surface area contributed by atoms with Gasteiger partial charge in [0.05, 0.1) is 5.56 Å². The van der Waals surface area contributed by atoms with Crippen molar-refractivity contribution in [2.75, 3.05) is 5.75 Å². The van der Waals surface area contributed by atoms with Gasteiger partial charge in [-0.25, -0.2) is 0 Å². The van der Waals surface area contributed by atoms with Crippen LogP contribution in [0.4, 0.5) is 0 Å². The molecule has 0 aliphatic rings. The second kappa shape index (κ2) is 6.53. The largest absolute Gasteiger partial charge is 0.192 e. The minimum atomic E-state index is 0.816. The average molecular weight is 219 g/mol. The summed E-state index contributed by atoms with van der Waals surface area (Å²) in [5.41, 5.74) is 2.03. The van der Waals surface area contributed by atoms with Gasteiger partial charge in [0.1, 0.15) is 6.07 Å². The lowest BCUT2D eigenvalue weighted by atomic mass is 10.1. The molecule has 0 radical (unpaired) electrons. The number of unbranched alkanes of at least 4 members (excludes halogenated alkanes) is 2. The zero-order valence-electron chi connectivity index (χ0n) is 9.42. The Balaban J connectivity index is 2.63. The zero-order valence-corrected chi connectivity index (χ0v) is 10.2. The van der Waals surface area contributed by atoms with Crippen molar-refractivity contribution in [3.63, 3.8) is 0 Å². The Morgan fingerprint density at radius 2 is 2.13 bits per heavy atom. The fraction of sp³-hybridized carbons (Fsp3) is 0.462. The highest BCUT2D eigenvalue weighted by molar-refractivity contribution is 7.99. The van der Waals surface area contributed by atoms with E-state index < -0.39 is 0 Å². The zero-order chi connectivity index (χ0) is 11.1. The lowest BCUT2D eigenvalue weighted by Gasteiger charge is -2.06. The van der Waals surface area contributed by atoms with Crippen LogP contribution in [-0.2, 0) is 0 Å². The van der Waals surface area contributed by atoms with Gasteiger partial charge in [0.25, 0.3) is 0 Å². The molecule has 0 atom stereocenters. The molecule has 1 nitrogen and oxygen atoms in total. The summed E-state index contributed by atoms with van der Waals surface area (Å²) in [5.74, 6) is 1.12. The molecule has 0 saturated carbocycles. The summed E-state index contributed by atoms with van der Waals surface area (Å²) in [6, 6.07) is 8.18. The number of thioether (sulfide) groups is 1. The maximum Gasteiger partial charge on any atom is 0.100 e. The van der Waals surface area contributed by atoms with Crippen molar-refractivity contribution in [1.29, 1.82) is 5.26 Å². The van der Waals surface area contributed by atoms with Gasteiger partial charge in [0.2, 0.25) is 0 Å². The van der Waals surface area contributed by atoms with Gasteiger partial charge in [0.15, 0.2) is 0 Å². The lowest BCUT2D eigenvalue weighted by molar-refractivity contribution is 0.778. The molecule has 0 saturated heterocycles. The Morgan fingerprint density at radius 3 is 2.80 bits per heavy atom. The monoisotopic (exact) mass is 219 g/mol. The molecule has 0 aliphatic carbocycles. The van der Waals surface area contributed by atoms with E-state index in [0.717, 1.165) is 16.2 Å². The third-order valence-electron chi connectivity index (χ3n) is 2.33. The van der Waals surface area contributed by atoms with Gasteiger partial charge in [-0.1, -0.05) is 31.9 Å². The molecule has 0 aromatic heterocycles. The molecule has 0 fully saturated rings. The fourth-order valence-electron chi connectivity index (χ4n) is 1.46. The van der Waals surface area contributed by atoms with Crippen LogP contribution in [-0.4, -0.2) is 5.75 Å². The first-order valence-corrected chi connectivity index (χ1v) is 6.40. The third kappa shape index (κ3) is 3.60. The number of hydrogen-bond donors (Lipinski definition) is 0. The number of hydrogen-bond acceptors (Lipinski definition) is 2. The van der Waals surface area contributed by atoms with E-state index in [1.165, 1.54) is 24.8 Å². The highest BCUT2D eigenvalue weighted by atomic mass is 32.2. The van der Waals surface area contributed by atoms with Crippen LogP contribution >= 0.6 is 11.8 Å². The summed E-state index contributed by atoms with van der Waals surface area (Å²) in [5, 5.41) is 8.98. The normalized spacial score (nSPS) is 9.93. The topological polar surface area (TPSA) is 23.8 Å². The molecule has 1 rings (SSSR count). The molecule has 0 unspecified atom stereocenters. The van der Waals surface area contributed by atoms with E-state index in [2.05, 4.69) is 26.0 Å². The van der Waals surface area contributed by atoms with Crippen LogP contribution in [0.15, 0.2) is 23.1 Å². The van der Waals surface area contributed by atoms with E-state index in [4.69, 9.17) is 5.26 Å². The van der Waals surface area contributed by atoms with E-state index in [-0.39, 0.29) is 0 Å². The van der Waals surface area contributed by atoms with Crippen LogP contribution in [0, 0.1) is 18.3 Å². The van der Waals surface area contributed by atoms with Crippen molar-refractivity contribution in [2.24, 2.45) is 0 Å². The Labute approximate surface area is 96.5 Å². The van der Waals surface area contributed by atoms with Gasteiger partial charge in [-0.05, 0) is 30.7 Å². The Hall–Kier alpha value is -0.940. The smallest absolute Gasteiger partial charge is 0.100 e. The average Bonchev–Trinajstić information content (AvgIpc) is 2.26. The first kappa shape index (κ1) is 12.1. The van der Waals surface area contributed by atoms with Gasteiger partial charge >= 0.3 is 0 Å². The molecule has 0 N–H and O–H groups in total. The van der Waals surface area contributed by atoms with Gasteiger partial charge in [-0.15, -0.1) is 11.8 Å². The van der Waals surface area contributed by atoms with Crippen molar-refractivity contribution in [2.45, 2.75) is 38.0 Å². The summed E-state index contributed by atoms with van der Waals surface area (Å²) in [6.07, 6.45) is 3.76. The molecule has 0 aliphatic heterocycles. The molecule has 15 heavy (non-hydrogen) atoms. The van der Waals surface area contributed by atoms with E-state index in [1.807, 2.05) is 23.9 Å². The second-order valence-corrected chi connectivity index (χ2v) is 4.72. The molecule has 80 valence electrons. The predicted molar refractivity (Wildman–Crippen MR) is 66.1 cm³/mol. The molecular weight excluding hydrogens is 202 g/mol. The first-order valence-electron chi connectivity index (χ1n) is 5.42. The van der Waals surface area contributed by atoms with Gasteiger partial charge in [-0.3, -0.25) is 0 Å². The summed E-state index contributed by atoms with van der Waals surface area (Å²) >= 11 is 1.82. The van der Waals surface area contributed by atoms with E-state index in [0.29, 0.717) is 0 Å². The Morgan fingerprint density at radius 1 is 1.33 bits per heavy atom. The molecule has 1 aromatic rings. The van der Waals surface area contributed by atoms with Crippen LogP contribution in [0.3, 0.4) is 0 Å². The van der Waals surface area contributed by atoms with Gasteiger partial charge < -0.3 is 0 Å². The summed E-state index contributed by atoms with van der Waals surface area (Å²) in [7, 11) is 0. The number of nitrogens with zero attached hydrogens (tertiary/aromatic N) is 1. The highest BCUT2D eigenvalue weighted by Crippen LogP contribution is 2.27. The summed E-state index contributed by atoms with van der Waals surface area (Å²) in [4.78, 5) is 1.16. The van der Waals surface area contributed by atoms with Crippen molar-refractivity contribution >= 4 is 11.8 Å². The van der Waals surface area contributed by atoms with E-state index in [1.54, 1.807) is 0 Å². The second-order valence-electron chi connectivity index (χ2n) is 3.62. The standard InChI is InChI=1S/C13H17NS/c1-3-4-5-9-15-13-11(2)7-6-8-12(13)10-14/h6-8H,3-5,9H2,1-2H3. The molecule has 2 heteroatoms.